The van der Waals surface area contributed by atoms with Gasteiger partial charge in [-0.15, -0.1) is 15.3 Å². The molecule has 0 saturated carbocycles. The van der Waals surface area contributed by atoms with Crippen LogP contribution in [0.5, 0.6) is 5.75 Å². The first-order valence-electron chi connectivity index (χ1n) is 8.67. The van der Waals surface area contributed by atoms with Crippen molar-refractivity contribution in [3.63, 3.8) is 0 Å². The summed E-state index contributed by atoms with van der Waals surface area (Å²) in [4.78, 5) is 13.1. The number of hydrogen-bond donors (Lipinski definition) is 1. The van der Waals surface area contributed by atoms with Gasteiger partial charge in [-0.2, -0.15) is 4.52 Å². The van der Waals surface area contributed by atoms with Crippen molar-refractivity contribution >= 4 is 27.3 Å². The number of hydrogen-bond acceptors (Lipinski definition) is 6. The Hall–Kier alpha value is -2.48. The van der Waals surface area contributed by atoms with Crippen LogP contribution in [0.4, 0.5) is 5.13 Å². The van der Waals surface area contributed by atoms with Crippen molar-refractivity contribution in [2.75, 3.05) is 11.9 Å². The molecule has 8 heteroatoms. The Kier molecular flexibility index (Phi) is 5.51. The number of fused-ring (bicyclic) bond motifs is 1. The summed E-state index contributed by atoms with van der Waals surface area (Å²) < 4.78 is 7.33. The van der Waals surface area contributed by atoms with E-state index in [0.717, 1.165) is 18.0 Å². The number of rotatable bonds is 7. The Bertz CT molecular complexity index is 883. The lowest BCUT2D eigenvalue weighted by atomic mass is 10.1. The second kappa shape index (κ2) is 7.82. The molecule has 0 radical (unpaired) electrons. The number of nitrogens with one attached hydrogen (secondary N) is 1. The summed E-state index contributed by atoms with van der Waals surface area (Å²) in [6, 6.07) is 7.10. The molecule has 1 N–H and O–H groups in total. The predicted octanol–water partition coefficient (Wildman–Crippen LogP) is 3.67. The summed E-state index contributed by atoms with van der Waals surface area (Å²) in [5.41, 5.74) is 0.551. The van der Waals surface area contributed by atoms with E-state index in [0.29, 0.717) is 34.1 Å². The van der Waals surface area contributed by atoms with Crippen LogP contribution < -0.4 is 10.1 Å². The summed E-state index contributed by atoms with van der Waals surface area (Å²) in [6.45, 7) is 9.07. The number of carbonyl (C=O) groups excluding carboxylic acids is 1. The molecule has 0 saturated heterocycles. The standard InChI is InChI=1S/C18H23N5O2S/c1-11(2)9-15-20-21-18-23(15)22-17(26-18)19-16(24)13-5-7-14(8-6-13)25-10-12(3)4/h5-8,11-12H,9-10H2,1-4H3,(H,19,22,24). The third-order valence-corrected chi connectivity index (χ3v) is 4.38. The number of benzene rings is 1. The smallest absolute Gasteiger partial charge is 0.257 e. The van der Waals surface area contributed by atoms with E-state index >= 15 is 0 Å². The second-order valence-corrected chi connectivity index (χ2v) is 7.96. The predicted molar refractivity (Wildman–Crippen MR) is 102 cm³/mol. The van der Waals surface area contributed by atoms with E-state index in [1.165, 1.54) is 11.3 Å². The van der Waals surface area contributed by atoms with Crippen molar-refractivity contribution in [2.45, 2.75) is 34.1 Å². The lowest BCUT2D eigenvalue weighted by Crippen LogP contribution is -2.12. The lowest BCUT2D eigenvalue weighted by molar-refractivity contribution is 0.102. The van der Waals surface area contributed by atoms with E-state index in [1.54, 1.807) is 28.8 Å². The maximum absolute atomic E-state index is 12.4. The first-order chi connectivity index (χ1) is 12.4. The normalized spacial score (nSPS) is 11.5. The van der Waals surface area contributed by atoms with E-state index in [9.17, 15) is 4.79 Å². The molecule has 0 atom stereocenters. The SMILES string of the molecule is CC(C)COc1ccc(C(=O)Nc2nn3c(CC(C)C)nnc3s2)cc1. The van der Waals surface area contributed by atoms with Gasteiger partial charge in [0.05, 0.1) is 6.61 Å². The zero-order chi connectivity index (χ0) is 18.7. The molecule has 0 aliphatic heterocycles. The van der Waals surface area contributed by atoms with E-state index in [4.69, 9.17) is 4.74 Å². The quantitative estimate of drug-likeness (QED) is 0.683. The molecule has 0 bridgehead atoms. The van der Waals surface area contributed by atoms with Crippen molar-refractivity contribution in [1.29, 1.82) is 0 Å². The van der Waals surface area contributed by atoms with Crippen LogP contribution in [-0.4, -0.2) is 32.3 Å². The van der Waals surface area contributed by atoms with Crippen LogP contribution in [0.25, 0.3) is 4.96 Å². The summed E-state index contributed by atoms with van der Waals surface area (Å²) in [5, 5.41) is 16.0. The molecule has 3 rings (SSSR count). The van der Waals surface area contributed by atoms with Gasteiger partial charge in [0.1, 0.15) is 5.75 Å². The van der Waals surface area contributed by atoms with E-state index in [2.05, 4.69) is 48.3 Å². The Morgan fingerprint density at radius 3 is 2.54 bits per heavy atom. The molecular formula is C18H23N5O2S. The fourth-order valence-corrected chi connectivity index (χ4v) is 3.09. The average molecular weight is 373 g/mol. The molecule has 26 heavy (non-hydrogen) atoms. The number of nitrogens with zero attached hydrogens (tertiary/aromatic N) is 4. The van der Waals surface area contributed by atoms with Gasteiger partial charge in [0.15, 0.2) is 5.82 Å². The number of ether oxygens (including phenoxy) is 1. The van der Waals surface area contributed by atoms with Gasteiger partial charge in [-0.25, -0.2) is 0 Å². The Morgan fingerprint density at radius 2 is 1.88 bits per heavy atom. The number of carbonyl (C=O) groups is 1. The van der Waals surface area contributed by atoms with Crippen molar-refractivity contribution in [3.8, 4) is 5.75 Å². The van der Waals surface area contributed by atoms with Gasteiger partial charge in [0.2, 0.25) is 10.1 Å². The maximum atomic E-state index is 12.4. The highest BCUT2D eigenvalue weighted by atomic mass is 32.1. The highest BCUT2D eigenvalue weighted by Gasteiger charge is 2.15. The molecule has 1 aromatic carbocycles. The second-order valence-electron chi connectivity index (χ2n) is 7.00. The first-order valence-corrected chi connectivity index (χ1v) is 9.49. The van der Waals surface area contributed by atoms with Gasteiger partial charge >= 0.3 is 0 Å². The average Bonchev–Trinajstić information content (AvgIpc) is 3.14. The Morgan fingerprint density at radius 1 is 1.15 bits per heavy atom. The minimum atomic E-state index is -0.212. The Labute approximate surface area is 156 Å². The zero-order valence-corrected chi connectivity index (χ0v) is 16.2. The summed E-state index contributed by atoms with van der Waals surface area (Å²) in [5.74, 6) is 2.26. The minimum Gasteiger partial charge on any atom is -0.493 e. The molecule has 0 unspecified atom stereocenters. The summed E-state index contributed by atoms with van der Waals surface area (Å²) in [6.07, 6.45) is 0.788. The molecule has 0 fully saturated rings. The van der Waals surface area contributed by atoms with Crippen LogP contribution >= 0.6 is 11.3 Å². The third-order valence-electron chi connectivity index (χ3n) is 3.57. The number of anilines is 1. The molecule has 1 amide bonds. The van der Waals surface area contributed by atoms with Gasteiger partial charge in [0, 0.05) is 12.0 Å². The van der Waals surface area contributed by atoms with Crippen molar-refractivity contribution in [3.05, 3.63) is 35.7 Å². The van der Waals surface area contributed by atoms with Crippen LogP contribution in [0.3, 0.4) is 0 Å². The molecule has 2 heterocycles. The van der Waals surface area contributed by atoms with Crippen LogP contribution in [-0.2, 0) is 6.42 Å². The summed E-state index contributed by atoms with van der Waals surface area (Å²) >= 11 is 1.30. The van der Waals surface area contributed by atoms with Crippen LogP contribution in [0.15, 0.2) is 24.3 Å². The van der Waals surface area contributed by atoms with Gasteiger partial charge in [0.25, 0.3) is 5.91 Å². The number of aromatic nitrogens is 4. The molecular weight excluding hydrogens is 350 g/mol. The van der Waals surface area contributed by atoms with Gasteiger partial charge in [-0.05, 0) is 36.1 Å². The first kappa shape index (κ1) is 18.3. The Balaban J connectivity index is 1.67. The minimum absolute atomic E-state index is 0.212. The molecule has 0 aliphatic carbocycles. The van der Waals surface area contributed by atoms with E-state index in [1.807, 2.05) is 0 Å². The van der Waals surface area contributed by atoms with Crippen LogP contribution in [0.1, 0.15) is 43.9 Å². The van der Waals surface area contributed by atoms with E-state index < -0.39 is 0 Å². The van der Waals surface area contributed by atoms with Gasteiger partial charge in [-0.1, -0.05) is 39.0 Å². The molecule has 2 aromatic heterocycles. The fourth-order valence-electron chi connectivity index (χ4n) is 2.34. The zero-order valence-electron chi connectivity index (χ0n) is 15.4. The monoisotopic (exact) mass is 373 g/mol. The van der Waals surface area contributed by atoms with Crippen LogP contribution in [0.2, 0.25) is 0 Å². The fraction of sp³-hybridized carbons (Fsp3) is 0.444. The van der Waals surface area contributed by atoms with Crippen LogP contribution in [0, 0.1) is 11.8 Å². The molecule has 138 valence electrons. The van der Waals surface area contributed by atoms with Crippen molar-refractivity contribution in [2.24, 2.45) is 11.8 Å². The van der Waals surface area contributed by atoms with Gasteiger partial charge in [-0.3, -0.25) is 10.1 Å². The molecule has 3 aromatic rings. The molecule has 7 nitrogen and oxygen atoms in total. The van der Waals surface area contributed by atoms with Crippen molar-refractivity contribution in [1.82, 2.24) is 19.8 Å². The van der Waals surface area contributed by atoms with Gasteiger partial charge < -0.3 is 4.74 Å². The highest BCUT2D eigenvalue weighted by molar-refractivity contribution is 7.20. The van der Waals surface area contributed by atoms with E-state index in [-0.39, 0.29) is 5.91 Å². The number of amides is 1. The largest absolute Gasteiger partial charge is 0.493 e. The van der Waals surface area contributed by atoms with Crippen molar-refractivity contribution < 1.29 is 9.53 Å². The highest BCUT2D eigenvalue weighted by Crippen LogP contribution is 2.21. The molecule has 0 spiro atoms. The molecule has 0 aliphatic rings. The third kappa shape index (κ3) is 4.37. The summed E-state index contributed by atoms with van der Waals surface area (Å²) in [7, 11) is 0. The topological polar surface area (TPSA) is 81.4 Å². The lowest BCUT2D eigenvalue weighted by Gasteiger charge is -2.09. The maximum Gasteiger partial charge on any atom is 0.257 e.